The van der Waals surface area contributed by atoms with Crippen LogP contribution in [0.15, 0.2) is 59.6 Å². The van der Waals surface area contributed by atoms with Gasteiger partial charge in [0.15, 0.2) is 5.96 Å². The summed E-state index contributed by atoms with van der Waals surface area (Å²) in [6.45, 7) is 2.52. The first-order chi connectivity index (χ1) is 36.8. The van der Waals surface area contributed by atoms with Gasteiger partial charge in [0.05, 0.1) is 13.0 Å². The van der Waals surface area contributed by atoms with E-state index in [0.717, 1.165) is 19.3 Å². The zero-order chi connectivity index (χ0) is 56.1. The fourth-order valence-corrected chi connectivity index (χ4v) is 12.8. The highest BCUT2D eigenvalue weighted by Crippen LogP contribution is 2.48. The van der Waals surface area contributed by atoms with Gasteiger partial charge in [0.2, 0.25) is 59.1 Å². The maximum Gasteiger partial charge on any atom is 0.246 e. The molecule has 3 aliphatic rings. The van der Waals surface area contributed by atoms with E-state index in [9.17, 15) is 47.9 Å². The lowest BCUT2D eigenvalue weighted by Gasteiger charge is -2.37. The molecular formula is C51H73N13O11S2. The number of carbonyl (C=O) groups is 10. The Labute approximate surface area is 455 Å². The van der Waals surface area contributed by atoms with Crippen molar-refractivity contribution in [2.45, 2.75) is 150 Å². The Morgan fingerprint density at radius 1 is 0.753 bits per heavy atom. The van der Waals surface area contributed by atoms with Crippen LogP contribution in [-0.4, -0.2) is 142 Å². The molecule has 0 aromatic heterocycles. The van der Waals surface area contributed by atoms with Gasteiger partial charge in [0, 0.05) is 49.3 Å². The number of likely N-dealkylation sites (tertiary alicyclic amines) is 1. The summed E-state index contributed by atoms with van der Waals surface area (Å²) in [6.07, 6.45) is 2.86. The lowest BCUT2D eigenvalue weighted by atomic mass is 9.85. The van der Waals surface area contributed by atoms with Crippen LogP contribution in [0.4, 0.5) is 0 Å². The molecule has 1 aliphatic carbocycles. The lowest BCUT2D eigenvalue weighted by molar-refractivity contribution is -0.142. The summed E-state index contributed by atoms with van der Waals surface area (Å²) >= 11 is 0. The number of ether oxygens (including phenoxy) is 1. The lowest BCUT2D eigenvalue weighted by Crippen LogP contribution is -2.61. The van der Waals surface area contributed by atoms with Crippen molar-refractivity contribution >= 4 is 86.6 Å². The number of nitrogens with two attached hydrogens (primary N) is 5. The van der Waals surface area contributed by atoms with Crippen LogP contribution < -0.4 is 65.3 Å². The highest BCUT2D eigenvalue weighted by Gasteiger charge is 2.42. The van der Waals surface area contributed by atoms with Gasteiger partial charge in [-0.3, -0.25) is 52.9 Å². The van der Waals surface area contributed by atoms with Crippen molar-refractivity contribution in [1.82, 2.24) is 36.8 Å². The zero-order valence-electron chi connectivity index (χ0n) is 43.3. The van der Waals surface area contributed by atoms with Crippen molar-refractivity contribution in [3.8, 4) is 5.75 Å². The minimum Gasteiger partial charge on any atom is -0.494 e. The van der Waals surface area contributed by atoms with Crippen LogP contribution in [0.5, 0.6) is 5.75 Å². The topological polar surface area (TPSA) is 398 Å². The predicted molar refractivity (Wildman–Crippen MR) is 290 cm³/mol. The Hall–Kier alpha value is -7.09. The summed E-state index contributed by atoms with van der Waals surface area (Å²) in [6, 6.07) is 6.16. The number of carbonyl (C=O) groups excluding carboxylic acids is 10. The number of amides is 10. The van der Waals surface area contributed by atoms with Crippen molar-refractivity contribution in [3.63, 3.8) is 0 Å². The van der Waals surface area contributed by atoms with Crippen molar-refractivity contribution in [2.24, 2.45) is 33.7 Å². The molecule has 2 aromatic carbocycles. The molecule has 0 radical (unpaired) electrons. The van der Waals surface area contributed by atoms with Crippen LogP contribution in [0, 0.1) is 0 Å². The van der Waals surface area contributed by atoms with E-state index in [1.54, 1.807) is 54.6 Å². The first-order valence-corrected chi connectivity index (χ1v) is 28.2. The van der Waals surface area contributed by atoms with Crippen LogP contribution in [0.3, 0.4) is 0 Å². The highest BCUT2D eigenvalue weighted by atomic mass is 33.1. The number of benzene rings is 2. The second kappa shape index (κ2) is 30.0. The summed E-state index contributed by atoms with van der Waals surface area (Å²) in [7, 11) is 2.56. The highest BCUT2D eigenvalue weighted by molar-refractivity contribution is 8.77. The molecule has 3 fully saturated rings. The molecule has 3 unspecified atom stereocenters. The maximum absolute atomic E-state index is 14.8. The van der Waals surface area contributed by atoms with Crippen LogP contribution in [-0.2, 0) is 60.8 Å². The van der Waals surface area contributed by atoms with Crippen LogP contribution in [0.1, 0.15) is 102 Å². The third-order valence-corrected chi connectivity index (χ3v) is 16.7. The van der Waals surface area contributed by atoms with Gasteiger partial charge in [-0.15, -0.1) is 0 Å². The summed E-state index contributed by atoms with van der Waals surface area (Å²) in [5.74, 6) is -7.84. The molecular weight excluding hydrogens is 1030 g/mol. The fraction of sp³-hybridized carbons (Fsp3) is 0.549. The molecule has 7 atom stereocenters. The van der Waals surface area contributed by atoms with E-state index in [4.69, 9.17) is 33.4 Å². The Morgan fingerprint density at radius 3 is 1.99 bits per heavy atom. The quantitative estimate of drug-likeness (QED) is 0.0346. The molecule has 24 nitrogen and oxygen atoms in total. The van der Waals surface area contributed by atoms with E-state index < -0.39 is 119 Å². The van der Waals surface area contributed by atoms with E-state index in [-0.39, 0.29) is 63.3 Å². The van der Waals surface area contributed by atoms with Gasteiger partial charge in [-0.25, -0.2) is 0 Å². The third-order valence-electron chi connectivity index (χ3n) is 13.4. The second-order valence-corrected chi connectivity index (χ2v) is 22.2. The summed E-state index contributed by atoms with van der Waals surface area (Å²) in [5.41, 5.74) is 28.9. The molecule has 2 aliphatic heterocycles. The average molecular weight is 1110 g/mol. The Kier molecular flexibility index (Phi) is 23.7. The number of nitrogens with one attached hydrogen (secondary N) is 6. The normalized spacial score (nSPS) is 23.1. The molecule has 5 rings (SSSR count). The van der Waals surface area contributed by atoms with E-state index in [0.29, 0.717) is 49.2 Å². The summed E-state index contributed by atoms with van der Waals surface area (Å²) < 4.78 is 4.90. The van der Waals surface area contributed by atoms with E-state index in [2.05, 4.69) is 36.9 Å². The molecule has 2 aromatic rings. The molecule has 77 heavy (non-hydrogen) atoms. The molecule has 1 spiro atoms. The fourth-order valence-electron chi connectivity index (χ4n) is 9.43. The molecule has 0 bridgehead atoms. The minimum absolute atomic E-state index is 0.00502. The number of rotatable bonds is 19. The number of aliphatic imine (C=N–C) groups is 1. The van der Waals surface area contributed by atoms with Crippen LogP contribution in [0.25, 0.3) is 0 Å². The van der Waals surface area contributed by atoms with Gasteiger partial charge < -0.3 is 70.2 Å². The zero-order valence-corrected chi connectivity index (χ0v) is 44.9. The van der Waals surface area contributed by atoms with E-state index in [1.165, 1.54) is 26.5 Å². The molecule has 16 N–H and O–H groups in total. The third kappa shape index (κ3) is 19.5. The Bertz CT molecular complexity index is 2440. The number of hydrogen-bond acceptors (Lipinski definition) is 14. The summed E-state index contributed by atoms with van der Waals surface area (Å²) in [4.78, 5) is 143. The van der Waals surface area contributed by atoms with Gasteiger partial charge >= 0.3 is 0 Å². The van der Waals surface area contributed by atoms with Crippen molar-refractivity contribution in [2.75, 3.05) is 25.4 Å². The molecule has 10 amide bonds. The number of hydrogen-bond donors (Lipinski definition) is 11. The monoisotopic (exact) mass is 1110 g/mol. The molecule has 26 heteroatoms. The van der Waals surface area contributed by atoms with Crippen LogP contribution >= 0.6 is 21.6 Å². The minimum atomic E-state index is -1.74. The van der Waals surface area contributed by atoms with Crippen molar-refractivity contribution in [3.05, 3.63) is 65.7 Å². The second-order valence-electron chi connectivity index (χ2n) is 19.4. The standard InChI is InChI=1S/C51H73N13O11S2/c1-2-75-32-17-15-31(16-18-32)26-35-45(70)61-36(25-30-11-5-3-6-12-30)46(71)60-34(19-20-40(52)65)44(69)62-37(27-41(53)66)47(72)63-38(29-76-77-51(28-42(67)58-35)21-7-4-8-22-51)49(74)64-24-10-14-39(64)48(73)59-33(43(54)68)13-9-23-57-50(55)56/h3,5-6,11-12,15-18,33-39H,2,4,7-10,13-14,19-29H2,1H3,(H2,52,65)(H2,53,66)(H2,54,68)(H,58,67)(H,59,73)(H,60,71)(H,61,70)(H,62,69)(H,63,72)(H4,55,56,57)/t33-,34-,35?,36?,37-,38?,39-/m0/s1. The molecule has 420 valence electrons. The van der Waals surface area contributed by atoms with Crippen molar-refractivity contribution in [1.29, 1.82) is 0 Å². The Balaban J connectivity index is 1.53. The van der Waals surface area contributed by atoms with Gasteiger partial charge in [-0.05, 0) is 75.1 Å². The summed E-state index contributed by atoms with van der Waals surface area (Å²) in [5, 5.41) is 16.2. The number of guanidine groups is 1. The van der Waals surface area contributed by atoms with Gasteiger partial charge in [0.25, 0.3) is 0 Å². The predicted octanol–water partition coefficient (Wildman–Crippen LogP) is -1.06. The largest absolute Gasteiger partial charge is 0.494 e. The smallest absolute Gasteiger partial charge is 0.246 e. The van der Waals surface area contributed by atoms with Crippen molar-refractivity contribution < 1.29 is 52.7 Å². The first kappa shape index (κ1) is 60.8. The Morgan fingerprint density at radius 2 is 1.36 bits per heavy atom. The maximum atomic E-state index is 14.8. The number of nitrogens with zero attached hydrogens (tertiary/aromatic N) is 2. The average Bonchev–Trinajstić information content (AvgIpc) is 3.88. The SMILES string of the molecule is CCOc1ccc(CC2NC(=O)CC3(CCCCC3)SSCC(C(=O)N3CCC[C@H]3C(=O)N[C@@H](CCCN=C(N)N)C(N)=O)NC(=O)[C@H](CC(N)=O)NC(=O)[C@H](CCC(N)=O)NC(=O)C(Cc3ccccc3)NC2=O)cc1. The first-order valence-electron chi connectivity index (χ1n) is 25.9. The van der Waals surface area contributed by atoms with Gasteiger partial charge in [-0.2, -0.15) is 0 Å². The molecule has 2 saturated heterocycles. The number of primary amides is 3. The van der Waals surface area contributed by atoms with E-state index >= 15 is 0 Å². The van der Waals surface area contributed by atoms with Gasteiger partial charge in [0.1, 0.15) is 48.0 Å². The van der Waals surface area contributed by atoms with Crippen LogP contribution in [0.2, 0.25) is 0 Å². The van der Waals surface area contributed by atoms with Gasteiger partial charge in [-0.1, -0.05) is 83.3 Å². The van der Waals surface area contributed by atoms with E-state index in [1.807, 2.05) is 6.92 Å². The molecule has 2 heterocycles. The molecule has 1 saturated carbocycles.